The molecule has 2 fully saturated rings. The minimum Gasteiger partial charge on any atom is -0.487 e. The van der Waals surface area contributed by atoms with Gasteiger partial charge in [-0.15, -0.1) is 0 Å². The molecule has 0 radical (unpaired) electrons. The van der Waals surface area contributed by atoms with Crippen LogP contribution in [0.1, 0.15) is 68.4 Å². The van der Waals surface area contributed by atoms with E-state index in [1.54, 1.807) is 13.8 Å². The molecule has 1 aromatic carbocycles. The molecule has 2 aromatic heterocycles. The Morgan fingerprint density at radius 1 is 1.08 bits per heavy atom. The standard InChI is InChI=1S/C26H29F3N6O3/c1-15(17-11-18(26(27,28)29)13-19(12-17)35(36)37)30-23-21-14-22(38-20-7-3-4-8-20)25(34-9-5-6-10-34)33-24(21)32-16(2)31-23/h11-15,20H,3-10H2,1-2H3,(H,30,31,32,33)/t15-/m1/s1. The van der Waals surface area contributed by atoms with Gasteiger partial charge in [-0.3, -0.25) is 10.1 Å². The van der Waals surface area contributed by atoms with Crippen LogP contribution < -0.4 is 15.0 Å². The largest absolute Gasteiger partial charge is 0.487 e. The van der Waals surface area contributed by atoms with Crippen molar-refractivity contribution in [2.24, 2.45) is 0 Å². The van der Waals surface area contributed by atoms with Gasteiger partial charge in [0.2, 0.25) is 0 Å². The number of nitro benzene ring substituents is 1. The Labute approximate surface area is 217 Å². The molecule has 12 heteroatoms. The Kier molecular flexibility index (Phi) is 6.97. The van der Waals surface area contributed by atoms with E-state index in [0.29, 0.717) is 34.5 Å². The van der Waals surface area contributed by atoms with E-state index >= 15 is 0 Å². The highest BCUT2D eigenvalue weighted by atomic mass is 19.4. The number of alkyl halides is 3. The van der Waals surface area contributed by atoms with Crippen LogP contribution >= 0.6 is 0 Å². The van der Waals surface area contributed by atoms with Crippen LogP contribution in [-0.4, -0.2) is 39.1 Å². The summed E-state index contributed by atoms with van der Waals surface area (Å²) in [6.07, 6.45) is 1.68. The molecule has 0 unspecified atom stereocenters. The van der Waals surface area contributed by atoms with E-state index in [9.17, 15) is 23.3 Å². The topological polar surface area (TPSA) is 106 Å². The first-order valence-electron chi connectivity index (χ1n) is 12.8. The molecule has 1 aliphatic heterocycles. The highest BCUT2D eigenvalue weighted by Gasteiger charge is 2.33. The molecule has 3 heterocycles. The molecule has 0 bridgehead atoms. The number of hydrogen-bond donors (Lipinski definition) is 1. The fourth-order valence-corrected chi connectivity index (χ4v) is 5.12. The zero-order valence-corrected chi connectivity index (χ0v) is 21.2. The molecule has 5 rings (SSSR count). The van der Waals surface area contributed by atoms with E-state index in [1.165, 1.54) is 0 Å². The Morgan fingerprint density at radius 2 is 1.79 bits per heavy atom. The van der Waals surface area contributed by atoms with E-state index in [-0.39, 0.29) is 11.7 Å². The zero-order valence-electron chi connectivity index (χ0n) is 21.2. The van der Waals surface area contributed by atoms with Gasteiger partial charge in [0.1, 0.15) is 11.6 Å². The summed E-state index contributed by atoms with van der Waals surface area (Å²) in [4.78, 5) is 26.6. The predicted octanol–water partition coefficient (Wildman–Crippen LogP) is 6.35. The molecule has 1 atom stereocenters. The van der Waals surface area contributed by atoms with Crippen molar-refractivity contribution in [1.82, 2.24) is 15.0 Å². The second kappa shape index (κ2) is 10.2. The van der Waals surface area contributed by atoms with E-state index in [4.69, 9.17) is 9.72 Å². The number of non-ortho nitro benzene ring substituents is 1. The fraction of sp³-hybridized carbons (Fsp3) is 0.500. The van der Waals surface area contributed by atoms with Gasteiger partial charge < -0.3 is 15.0 Å². The Balaban J connectivity index is 1.55. The summed E-state index contributed by atoms with van der Waals surface area (Å²) in [5.41, 5.74) is -1.15. The second-order valence-corrected chi connectivity index (χ2v) is 9.95. The number of aryl methyl sites for hydroxylation is 1. The minimum absolute atomic E-state index is 0.1000. The third-order valence-corrected chi connectivity index (χ3v) is 7.08. The molecule has 1 aliphatic carbocycles. The lowest BCUT2D eigenvalue weighted by atomic mass is 10.0. The van der Waals surface area contributed by atoms with Gasteiger partial charge in [-0.2, -0.15) is 13.2 Å². The molecule has 1 saturated heterocycles. The van der Waals surface area contributed by atoms with Crippen LogP contribution in [0.25, 0.3) is 11.0 Å². The molecule has 1 saturated carbocycles. The van der Waals surface area contributed by atoms with Crippen LogP contribution in [0.15, 0.2) is 24.3 Å². The molecular weight excluding hydrogens is 501 g/mol. The molecular formula is C26H29F3N6O3. The van der Waals surface area contributed by atoms with Crippen molar-refractivity contribution >= 4 is 28.4 Å². The number of fused-ring (bicyclic) bond motifs is 1. The molecule has 202 valence electrons. The SMILES string of the molecule is Cc1nc(N[C@H](C)c2cc([N+](=O)[O-])cc(C(F)(F)F)c2)c2cc(OC3CCCC3)c(N3CCCC3)nc2n1. The van der Waals surface area contributed by atoms with Crippen molar-refractivity contribution < 1.29 is 22.8 Å². The Bertz CT molecular complexity index is 1350. The quantitative estimate of drug-likeness (QED) is 0.278. The first kappa shape index (κ1) is 25.9. The lowest BCUT2D eigenvalue weighted by Gasteiger charge is -2.24. The number of aromatic nitrogens is 3. The van der Waals surface area contributed by atoms with Gasteiger partial charge in [-0.25, -0.2) is 15.0 Å². The third kappa shape index (κ3) is 5.44. The van der Waals surface area contributed by atoms with Crippen molar-refractivity contribution in [3.63, 3.8) is 0 Å². The second-order valence-electron chi connectivity index (χ2n) is 9.95. The smallest absolute Gasteiger partial charge is 0.416 e. The van der Waals surface area contributed by atoms with Crippen LogP contribution in [0, 0.1) is 17.0 Å². The molecule has 38 heavy (non-hydrogen) atoms. The summed E-state index contributed by atoms with van der Waals surface area (Å²) >= 11 is 0. The minimum atomic E-state index is -4.72. The van der Waals surface area contributed by atoms with Gasteiger partial charge in [-0.1, -0.05) is 0 Å². The maximum atomic E-state index is 13.5. The molecule has 1 N–H and O–H groups in total. The first-order valence-corrected chi connectivity index (χ1v) is 12.8. The number of ether oxygens (including phenoxy) is 1. The van der Waals surface area contributed by atoms with Crippen LogP contribution in [-0.2, 0) is 6.18 Å². The van der Waals surface area contributed by atoms with Crippen LogP contribution in [0.5, 0.6) is 5.75 Å². The number of pyridine rings is 1. The van der Waals surface area contributed by atoms with Crippen molar-refractivity contribution in [2.75, 3.05) is 23.3 Å². The number of anilines is 2. The number of hydrogen-bond acceptors (Lipinski definition) is 8. The molecule has 9 nitrogen and oxygen atoms in total. The van der Waals surface area contributed by atoms with E-state index in [1.807, 2.05) is 6.07 Å². The van der Waals surface area contributed by atoms with Gasteiger partial charge in [0.15, 0.2) is 17.2 Å². The normalized spacial score (nSPS) is 17.2. The molecule has 2 aliphatic rings. The van der Waals surface area contributed by atoms with E-state index in [2.05, 4.69) is 20.2 Å². The van der Waals surface area contributed by atoms with Crippen molar-refractivity contribution in [3.8, 4) is 5.75 Å². The van der Waals surface area contributed by atoms with Crippen LogP contribution in [0.2, 0.25) is 0 Å². The highest BCUT2D eigenvalue weighted by Crippen LogP contribution is 2.38. The van der Waals surface area contributed by atoms with Gasteiger partial charge in [0.25, 0.3) is 5.69 Å². The zero-order chi connectivity index (χ0) is 27.0. The maximum absolute atomic E-state index is 13.5. The summed E-state index contributed by atoms with van der Waals surface area (Å²) in [5.74, 6) is 2.19. The molecule has 3 aromatic rings. The predicted molar refractivity (Wildman–Crippen MR) is 137 cm³/mol. The number of benzene rings is 1. The third-order valence-electron chi connectivity index (χ3n) is 7.08. The average Bonchev–Trinajstić information content (AvgIpc) is 3.58. The number of halogens is 3. The van der Waals surface area contributed by atoms with Crippen molar-refractivity contribution in [3.05, 3.63) is 51.3 Å². The van der Waals surface area contributed by atoms with E-state index < -0.39 is 28.4 Å². The monoisotopic (exact) mass is 530 g/mol. The van der Waals surface area contributed by atoms with E-state index in [0.717, 1.165) is 69.6 Å². The summed E-state index contributed by atoms with van der Waals surface area (Å²) < 4.78 is 46.8. The van der Waals surface area contributed by atoms with Crippen molar-refractivity contribution in [1.29, 1.82) is 0 Å². The van der Waals surface area contributed by atoms with Crippen molar-refractivity contribution in [2.45, 2.75) is 70.7 Å². The summed E-state index contributed by atoms with van der Waals surface area (Å²) in [6, 6.07) is 3.72. The Hall–Kier alpha value is -3.70. The van der Waals surface area contributed by atoms with Gasteiger partial charge in [-0.05, 0) is 70.1 Å². The summed E-state index contributed by atoms with van der Waals surface area (Å²) in [6.45, 7) is 5.09. The number of nitrogens with one attached hydrogen (secondary N) is 1. The highest BCUT2D eigenvalue weighted by molar-refractivity contribution is 5.90. The first-order chi connectivity index (χ1) is 18.1. The maximum Gasteiger partial charge on any atom is 0.416 e. The number of rotatable bonds is 7. The molecule has 0 amide bonds. The average molecular weight is 531 g/mol. The molecule has 0 spiro atoms. The fourth-order valence-electron chi connectivity index (χ4n) is 5.12. The van der Waals surface area contributed by atoms with Crippen LogP contribution in [0.4, 0.5) is 30.5 Å². The summed E-state index contributed by atoms with van der Waals surface area (Å²) in [7, 11) is 0. The Morgan fingerprint density at radius 3 is 2.45 bits per heavy atom. The van der Waals surface area contributed by atoms with Gasteiger partial charge >= 0.3 is 6.18 Å². The van der Waals surface area contributed by atoms with Crippen LogP contribution in [0.3, 0.4) is 0 Å². The number of nitro groups is 1. The summed E-state index contributed by atoms with van der Waals surface area (Å²) in [5, 5.41) is 15.0. The lowest BCUT2D eigenvalue weighted by Crippen LogP contribution is -2.22. The number of nitrogens with zero attached hydrogens (tertiary/aromatic N) is 5. The van der Waals surface area contributed by atoms with Gasteiger partial charge in [0.05, 0.1) is 28.0 Å². The lowest BCUT2D eigenvalue weighted by molar-refractivity contribution is -0.385. The van der Waals surface area contributed by atoms with Gasteiger partial charge in [0, 0.05) is 25.2 Å².